The zero-order valence-corrected chi connectivity index (χ0v) is 20.5. The first-order valence-electron chi connectivity index (χ1n) is 12.2. The summed E-state index contributed by atoms with van der Waals surface area (Å²) in [6.07, 6.45) is 7.51. The van der Waals surface area contributed by atoms with Gasteiger partial charge in [-0.2, -0.15) is 0 Å². The van der Waals surface area contributed by atoms with Gasteiger partial charge in [-0.3, -0.25) is 0 Å². The average Bonchev–Trinajstić information content (AvgIpc) is 3.25. The predicted octanol–water partition coefficient (Wildman–Crippen LogP) is 6.56. The van der Waals surface area contributed by atoms with Crippen molar-refractivity contribution in [3.63, 3.8) is 0 Å². The number of aromatic nitrogens is 2. The van der Waals surface area contributed by atoms with Gasteiger partial charge >= 0.3 is 0 Å². The number of hydrogen-bond donors (Lipinski definition) is 1. The molecule has 4 nitrogen and oxygen atoms in total. The van der Waals surface area contributed by atoms with E-state index in [0.717, 1.165) is 41.9 Å². The summed E-state index contributed by atoms with van der Waals surface area (Å²) in [5, 5.41) is 4.70. The zero-order valence-electron chi connectivity index (χ0n) is 20.5. The van der Waals surface area contributed by atoms with Crippen molar-refractivity contribution in [1.82, 2.24) is 14.9 Å². The summed E-state index contributed by atoms with van der Waals surface area (Å²) in [7, 11) is 0. The zero-order chi connectivity index (χ0) is 23.7. The van der Waals surface area contributed by atoms with Crippen LogP contribution < -0.4 is 5.32 Å². The lowest BCUT2D eigenvalue weighted by atomic mass is 10.00. The van der Waals surface area contributed by atoms with E-state index >= 15 is 0 Å². The van der Waals surface area contributed by atoms with E-state index in [1.807, 2.05) is 6.92 Å². The van der Waals surface area contributed by atoms with Crippen molar-refractivity contribution in [2.24, 2.45) is 0 Å². The number of hydrogen-bond acceptors (Lipinski definition) is 3. The molecule has 1 atom stereocenters. The fourth-order valence-electron chi connectivity index (χ4n) is 4.53. The molecule has 0 bridgehead atoms. The normalized spacial score (nSPS) is 15.6. The molecule has 4 heteroatoms. The average molecular weight is 452 g/mol. The van der Waals surface area contributed by atoms with Crippen molar-refractivity contribution in [2.45, 2.75) is 52.3 Å². The van der Waals surface area contributed by atoms with Gasteiger partial charge in [-0.1, -0.05) is 48.5 Å². The lowest BCUT2D eigenvalue weighted by molar-refractivity contribution is 0.0963. The highest BCUT2D eigenvalue weighted by Crippen LogP contribution is 2.30. The molecule has 1 unspecified atom stereocenters. The lowest BCUT2D eigenvalue weighted by Gasteiger charge is -2.20. The first-order valence-corrected chi connectivity index (χ1v) is 12.2. The van der Waals surface area contributed by atoms with Gasteiger partial charge in [0, 0.05) is 42.3 Å². The maximum atomic E-state index is 5.80. The molecule has 5 rings (SSSR count). The molecule has 2 aromatic carbocycles. The summed E-state index contributed by atoms with van der Waals surface area (Å²) in [5.74, 6) is 0.937. The number of nitrogens with zero attached hydrogens (tertiary/aromatic N) is 2. The third kappa shape index (κ3) is 4.70. The summed E-state index contributed by atoms with van der Waals surface area (Å²) in [4.78, 5) is 5.13. The topological polar surface area (TPSA) is 39.1 Å². The number of ether oxygens (including phenoxy) is 1. The summed E-state index contributed by atoms with van der Waals surface area (Å²) in [5.41, 5.74) is 7.24. The molecule has 2 aromatic heterocycles. The second-order valence-corrected chi connectivity index (χ2v) is 10.0. The molecule has 1 aliphatic rings. The monoisotopic (exact) mass is 451 g/mol. The van der Waals surface area contributed by atoms with E-state index in [1.165, 1.54) is 22.4 Å². The van der Waals surface area contributed by atoms with Crippen LogP contribution in [0.4, 0.5) is 0 Å². The summed E-state index contributed by atoms with van der Waals surface area (Å²) >= 11 is 0. The van der Waals surface area contributed by atoms with Gasteiger partial charge in [0.1, 0.15) is 5.82 Å². The van der Waals surface area contributed by atoms with Crippen LogP contribution in [0.2, 0.25) is 0 Å². The Labute approximate surface area is 202 Å². The Hall–Kier alpha value is -3.21. The first kappa shape index (κ1) is 22.6. The molecule has 0 fully saturated rings. The van der Waals surface area contributed by atoms with E-state index in [2.05, 4.69) is 110 Å². The summed E-state index contributed by atoms with van der Waals surface area (Å²) in [6.45, 7) is 10.2. The Bertz CT molecular complexity index is 1330. The largest absolute Gasteiger partial charge is 0.374 e. The number of nitrogens with one attached hydrogen (secondary N) is 1. The van der Waals surface area contributed by atoms with Crippen LogP contribution in [-0.2, 0) is 17.7 Å². The molecule has 0 saturated heterocycles. The van der Waals surface area contributed by atoms with Crippen LogP contribution in [-0.4, -0.2) is 27.8 Å². The lowest BCUT2D eigenvalue weighted by Crippen LogP contribution is -2.35. The number of pyridine rings is 1. The standard InChI is InChI=1S/C30H33N3O/c1-5-34-25-14-15-27-24(19-25)17-18-33(27)28-16-13-23-7-6-8-26(29(23)32-28)22-11-9-21(10-12-22)20-31-30(2,3)4/h6-18,25,31H,5,19-20H2,1-4H3. The maximum absolute atomic E-state index is 5.80. The molecule has 0 saturated carbocycles. The highest BCUT2D eigenvalue weighted by molar-refractivity contribution is 5.94. The Morgan fingerprint density at radius 3 is 2.62 bits per heavy atom. The second-order valence-electron chi connectivity index (χ2n) is 10.0. The molecule has 1 N–H and O–H groups in total. The van der Waals surface area contributed by atoms with Crippen molar-refractivity contribution in [1.29, 1.82) is 0 Å². The highest BCUT2D eigenvalue weighted by atomic mass is 16.5. The highest BCUT2D eigenvalue weighted by Gasteiger charge is 2.18. The van der Waals surface area contributed by atoms with Gasteiger partial charge < -0.3 is 14.6 Å². The van der Waals surface area contributed by atoms with Crippen LogP contribution in [0.15, 0.2) is 72.9 Å². The number of rotatable bonds is 6. The van der Waals surface area contributed by atoms with Crippen molar-refractivity contribution in [3.8, 4) is 16.9 Å². The van der Waals surface area contributed by atoms with Gasteiger partial charge in [0.05, 0.1) is 17.3 Å². The minimum atomic E-state index is 0.103. The SMILES string of the molecule is CCOC1C=Cc2c(ccn2-c2ccc3cccc(-c4ccc(CNC(C)(C)C)cc4)c3n2)C1. The maximum Gasteiger partial charge on any atom is 0.137 e. The van der Waals surface area contributed by atoms with Gasteiger partial charge in [-0.05, 0) is 68.7 Å². The minimum absolute atomic E-state index is 0.103. The van der Waals surface area contributed by atoms with E-state index in [0.29, 0.717) is 0 Å². The summed E-state index contributed by atoms with van der Waals surface area (Å²) < 4.78 is 7.99. The Balaban J connectivity index is 1.48. The molecule has 0 amide bonds. The number of para-hydroxylation sites is 1. The van der Waals surface area contributed by atoms with Gasteiger partial charge in [0.15, 0.2) is 0 Å². The van der Waals surface area contributed by atoms with E-state index in [9.17, 15) is 0 Å². The molecular weight excluding hydrogens is 418 g/mol. The fraction of sp³-hybridized carbons (Fsp3) is 0.300. The Morgan fingerprint density at radius 1 is 1.03 bits per heavy atom. The van der Waals surface area contributed by atoms with E-state index in [4.69, 9.17) is 9.72 Å². The Morgan fingerprint density at radius 2 is 1.85 bits per heavy atom. The van der Waals surface area contributed by atoms with Crippen molar-refractivity contribution in [2.75, 3.05) is 6.61 Å². The molecule has 174 valence electrons. The van der Waals surface area contributed by atoms with Crippen LogP contribution in [0.25, 0.3) is 33.9 Å². The molecule has 4 aromatic rings. The fourth-order valence-corrected chi connectivity index (χ4v) is 4.53. The van der Waals surface area contributed by atoms with Crippen molar-refractivity contribution in [3.05, 3.63) is 89.8 Å². The van der Waals surface area contributed by atoms with Gasteiger partial charge in [0.25, 0.3) is 0 Å². The minimum Gasteiger partial charge on any atom is -0.374 e. The summed E-state index contributed by atoms with van der Waals surface area (Å²) in [6, 6.07) is 21.7. The van der Waals surface area contributed by atoms with Crippen LogP contribution in [0.3, 0.4) is 0 Å². The molecule has 34 heavy (non-hydrogen) atoms. The van der Waals surface area contributed by atoms with Crippen molar-refractivity contribution >= 4 is 17.0 Å². The first-order chi connectivity index (χ1) is 16.4. The van der Waals surface area contributed by atoms with Crippen LogP contribution in [0, 0.1) is 0 Å². The van der Waals surface area contributed by atoms with Crippen molar-refractivity contribution < 1.29 is 4.74 Å². The molecular formula is C30H33N3O. The second kappa shape index (κ2) is 9.21. The Kier molecular flexibility index (Phi) is 6.11. The molecule has 0 radical (unpaired) electrons. The number of fused-ring (bicyclic) bond motifs is 2. The van der Waals surface area contributed by atoms with Gasteiger partial charge in [-0.15, -0.1) is 0 Å². The van der Waals surface area contributed by atoms with Crippen LogP contribution in [0.1, 0.15) is 44.5 Å². The third-order valence-corrected chi connectivity index (χ3v) is 6.32. The van der Waals surface area contributed by atoms with E-state index in [1.54, 1.807) is 0 Å². The van der Waals surface area contributed by atoms with Crippen LogP contribution in [0.5, 0.6) is 0 Å². The molecule has 2 heterocycles. The molecule has 1 aliphatic carbocycles. The quantitative estimate of drug-likeness (QED) is 0.361. The van der Waals surface area contributed by atoms with E-state index in [-0.39, 0.29) is 11.6 Å². The van der Waals surface area contributed by atoms with Gasteiger partial charge in [-0.25, -0.2) is 4.98 Å². The smallest absolute Gasteiger partial charge is 0.137 e. The van der Waals surface area contributed by atoms with Gasteiger partial charge in [0.2, 0.25) is 0 Å². The number of benzene rings is 2. The van der Waals surface area contributed by atoms with Crippen LogP contribution >= 0.6 is 0 Å². The molecule has 0 spiro atoms. The third-order valence-electron chi connectivity index (χ3n) is 6.32. The molecule has 0 aliphatic heterocycles. The predicted molar refractivity (Wildman–Crippen MR) is 141 cm³/mol. The van der Waals surface area contributed by atoms with E-state index < -0.39 is 0 Å².